The molecule has 128 valence electrons. The largest absolute Gasteiger partial charge is 0.416 e. The van der Waals surface area contributed by atoms with Gasteiger partial charge in [-0.25, -0.2) is 4.39 Å². The molecule has 0 saturated heterocycles. The molecule has 2 N–H and O–H groups in total. The number of nitrogen functional groups attached to an aromatic ring is 1. The molecule has 0 bridgehead atoms. The molecule has 0 fully saturated rings. The second-order valence-corrected chi connectivity index (χ2v) is 5.58. The first-order chi connectivity index (χ1) is 12.1. The summed E-state index contributed by atoms with van der Waals surface area (Å²) in [6, 6.07) is 7.50. The lowest BCUT2D eigenvalue weighted by atomic mass is 10.0. The van der Waals surface area contributed by atoms with E-state index in [2.05, 4.69) is 0 Å². The van der Waals surface area contributed by atoms with Gasteiger partial charge in [0.1, 0.15) is 5.82 Å². The molecule has 3 rings (SSSR count). The first-order valence-electron chi connectivity index (χ1n) is 8.34. The molecule has 3 nitrogen and oxygen atoms in total. The third kappa shape index (κ3) is 3.03. The molecular weight excluding hydrogens is 322 g/mol. The second-order valence-electron chi connectivity index (χ2n) is 5.58. The third-order valence-electron chi connectivity index (χ3n) is 3.85. The Morgan fingerprint density at radius 1 is 1.21 bits per heavy atom. The van der Waals surface area contributed by atoms with Crippen molar-refractivity contribution < 1.29 is 20.3 Å². The number of nitrogens with two attached hydrogens (primary N) is 1. The highest BCUT2D eigenvalue weighted by molar-refractivity contribution is 5.66. The van der Waals surface area contributed by atoms with Crippen LogP contribution in [0.3, 0.4) is 0 Å². The minimum atomic E-state index is -4.55. The summed E-state index contributed by atoms with van der Waals surface area (Å²) in [6.07, 6.45) is -4.55. The Hall–Kier alpha value is -2.28. The van der Waals surface area contributed by atoms with Gasteiger partial charge in [-0.2, -0.15) is 13.2 Å². The molecule has 2 aromatic rings. The van der Waals surface area contributed by atoms with Gasteiger partial charge in [-0.05, 0) is 23.8 Å². The fourth-order valence-corrected chi connectivity index (χ4v) is 2.79. The van der Waals surface area contributed by atoms with Gasteiger partial charge in [0.05, 0.1) is 19.3 Å². The van der Waals surface area contributed by atoms with Gasteiger partial charge in [0.15, 0.2) is 0 Å². The van der Waals surface area contributed by atoms with Gasteiger partial charge in [-0.3, -0.25) is 4.90 Å². The van der Waals surface area contributed by atoms with Gasteiger partial charge in [0.2, 0.25) is 0 Å². The number of hydrogen-bond acceptors (Lipinski definition) is 3. The van der Waals surface area contributed by atoms with Gasteiger partial charge in [-0.15, -0.1) is 0 Å². The van der Waals surface area contributed by atoms with E-state index in [-0.39, 0.29) is 29.0 Å². The van der Waals surface area contributed by atoms with E-state index >= 15 is 0 Å². The summed E-state index contributed by atoms with van der Waals surface area (Å²) in [4.78, 5) is 2.49. The first-order valence-corrected chi connectivity index (χ1v) is 7.19. The van der Waals surface area contributed by atoms with Crippen LogP contribution in [0.25, 0.3) is 0 Å². The van der Waals surface area contributed by atoms with Crippen molar-refractivity contribution in [3.05, 3.63) is 58.9 Å². The molecule has 2 unspecified atom stereocenters. The van der Waals surface area contributed by atoms with E-state index in [1.54, 1.807) is 0 Å². The Morgan fingerprint density at radius 2 is 1.92 bits per heavy atom. The van der Waals surface area contributed by atoms with Crippen LogP contribution >= 0.6 is 0 Å². The summed E-state index contributed by atoms with van der Waals surface area (Å²) in [6.45, 7) is -2.79. The van der Waals surface area contributed by atoms with Crippen LogP contribution < -0.4 is 10.6 Å². The number of anilines is 2. The number of nitrogens with zero attached hydrogens (tertiary/aromatic N) is 2. The van der Waals surface area contributed by atoms with Gasteiger partial charge < -0.3 is 10.6 Å². The SMILES string of the molecule is [2H]C1c2c(N)ccc(F)c2N(C)C([2H])N1Cc1ccccc1C(F)(F)F. The zero-order chi connectivity index (χ0) is 19.2. The van der Waals surface area contributed by atoms with Crippen molar-refractivity contribution in [2.75, 3.05) is 24.3 Å². The molecule has 1 aliphatic heterocycles. The maximum Gasteiger partial charge on any atom is 0.416 e. The van der Waals surface area contributed by atoms with E-state index in [4.69, 9.17) is 8.48 Å². The van der Waals surface area contributed by atoms with E-state index in [1.807, 2.05) is 0 Å². The monoisotopic (exact) mass is 341 g/mol. The van der Waals surface area contributed by atoms with Crippen molar-refractivity contribution in [3.8, 4) is 0 Å². The summed E-state index contributed by atoms with van der Waals surface area (Å²) in [5.74, 6) is -0.624. The van der Waals surface area contributed by atoms with Gasteiger partial charge in [-0.1, -0.05) is 18.2 Å². The quantitative estimate of drug-likeness (QED) is 0.665. The highest BCUT2D eigenvalue weighted by Gasteiger charge is 2.34. The Kier molecular flexibility index (Phi) is 3.51. The highest BCUT2D eigenvalue weighted by Crippen LogP contribution is 2.36. The lowest BCUT2D eigenvalue weighted by Crippen LogP contribution is -2.40. The molecule has 0 aromatic heterocycles. The zero-order valence-corrected chi connectivity index (χ0v) is 12.8. The topological polar surface area (TPSA) is 32.5 Å². The Labute approximate surface area is 140 Å². The van der Waals surface area contributed by atoms with Gasteiger partial charge >= 0.3 is 6.18 Å². The van der Waals surface area contributed by atoms with Crippen LogP contribution in [0.4, 0.5) is 28.9 Å². The van der Waals surface area contributed by atoms with Crippen LogP contribution in [-0.2, 0) is 19.2 Å². The van der Waals surface area contributed by atoms with Crippen molar-refractivity contribution in [1.29, 1.82) is 0 Å². The van der Waals surface area contributed by atoms with Gasteiger partial charge in [0.25, 0.3) is 0 Å². The fraction of sp³-hybridized carbons (Fsp3) is 0.294. The van der Waals surface area contributed by atoms with E-state index < -0.39 is 30.7 Å². The van der Waals surface area contributed by atoms with Gasteiger partial charge in [0, 0.05) is 32.7 Å². The second kappa shape index (κ2) is 5.98. The molecule has 0 aliphatic carbocycles. The molecule has 0 saturated carbocycles. The fourth-order valence-electron chi connectivity index (χ4n) is 2.79. The van der Waals surface area contributed by atoms with Crippen molar-refractivity contribution in [1.82, 2.24) is 4.90 Å². The molecule has 7 heteroatoms. The number of alkyl halides is 3. The predicted molar refractivity (Wildman–Crippen MR) is 84.8 cm³/mol. The van der Waals surface area contributed by atoms with E-state index in [9.17, 15) is 17.6 Å². The molecular formula is C17H17F4N3. The predicted octanol–water partition coefficient (Wildman–Crippen LogP) is 3.84. The number of rotatable bonds is 2. The number of hydrogen-bond donors (Lipinski definition) is 1. The summed E-state index contributed by atoms with van der Waals surface area (Å²) in [7, 11) is 1.45. The zero-order valence-electron chi connectivity index (χ0n) is 14.8. The summed E-state index contributed by atoms with van der Waals surface area (Å²) < 4.78 is 70.6. The maximum absolute atomic E-state index is 14.2. The number of halogens is 4. The van der Waals surface area contributed by atoms with Crippen LogP contribution in [0.1, 0.15) is 19.4 Å². The summed E-state index contributed by atoms with van der Waals surface area (Å²) in [5.41, 5.74) is 5.36. The Bertz CT molecular complexity index is 828. The number of fused-ring (bicyclic) bond motifs is 1. The smallest absolute Gasteiger partial charge is 0.398 e. The summed E-state index contributed by atoms with van der Waals surface area (Å²) >= 11 is 0. The first kappa shape index (κ1) is 14.1. The minimum Gasteiger partial charge on any atom is -0.398 e. The third-order valence-corrected chi connectivity index (χ3v) is 3.85. The van der Waals surface area contributed by atoms with E-state index in [0.717, 1.165) is 12.1 Å². The summed E-state index contributed by atoms with van der Waals surface area (Å²) in [5, 5.41) is 0. The average molecular weight is 341 g/mol. The molecule has 0 amide bonds. The lowest BCUT2D eigenvalue weighted by molar-refractivity contribution is -0.138. The van der Waals surface area contributed by atoms with Crippen molar-refractivity contribution in [3.63, 3.8) is 0 Å². The molecule has 2 aromatic carbocycles. The van der Waals surface area contributed by atoms with Crippen LogP contribution in [0.2, 0.25) is 0 Å². The van der Waals surface area contributed by atoms with Crippen molar-refractivity contribution in [2.24, 2.45) is 0 Å². The van der Waals surface area contributed by atoms with E-state index in [0.29, 0.717) is 0 Å². The molecule has 0 radical (unpaired) electrons. The van der Waals surface area contributed by atoms with Crippen LogP contribution in [0.15, 0.2) is 36.4 Å². The lowest BCUT2D eigenvalue weighted by Gasteiger charge is -2.37. The van der Waals surface area contributed by atoms with Crippen LogP contribution in [-0.4, -0.2) is 18.6 Å². The molecule has 1 aliphatic rings. The standard InChI is InChI=1S/C17H17F4N3/c1-23-10-24(9-12-15(22)7-6-14(18)16(12)23)8-11-4-2-3-5-13(11)17(19,20)21/h2-7H,8-10,22H2,1H3/i9D,10D. The molecule has 2 atom stereocenters. The molecule has 24 heavy (non-hydrogen) atoms. The maximum atomic E-state index is 14.2. The average Bonchev–Trinajstić information content (AvgIpc) is 2.58. The minimum absolute atomic E-state index is 0.0327. The highest BCUT2D eigenvalue weighted by atomic mass is 19.4. The van der Waals surface area contributed by atoms with Crippen LogP contribution in [0.5, 0.6) is 0 Å². The molecule has 1 heterocycles. The number of benzene rings is 2. The van der Waals surface area contributed by atoms with Crippen LogP contribution in [0, 0.1) is 5.82 Å². The Balaban J connectivity index is 2.04. The van der Waals surface area contributed by atoms with Crippen molar-refractivity contribution in [2.45, 2.75) is 19.2 Å². The molecule has 0 spiro atoms. The normalized spacial score (nSPS) is 22.8. The Morgan fingerprint density at radius 3 is 2.62 bits per heavy atom. The van der Waals surface area contributed by atoms with Crippen molar-refractivity contribution >= 4 is 11.4 Å². The van der Waals surface area contributed by atoms with E-state index in [1.165, 1.54) is 41.1 Å².